The number of methoxy groups -OCH3 is 2. The summed E-state index contributed by atoms with van der Waals surface area (Å²) in [6.07, 6.45) is 1.85. The van der Waals surface area contributed by atoms with Gasteiger partial charge in [0.15, 0.2) is 11.6 Å². The molecule has 11 nitrogen and oxygen atoms in total. The molecule has 0 bridgehead atoms. The summed E-state index contributed by atoms with van der Waals surface area (Å²) < 4.78 is 42.2. The van der Waals surface area contributed by atoms with Gasteiger partial charge in [0.1, 0.15) is 48.4 Å². The zero-order chi connectivity index (χ0) is 26.5. The number of sulfonamides is 1. The Hall–Kier alpha value is -2.57. The molecule has 17 heteroatoms. The molecule has 1 fully saturated rings. The molecule has 0 amide bonds. The molecular formula is C19H26B4ClN7O4S. The molecule has 0 unspecified atom stereocenters. The molecule has 4 rings (SSSR count). The lowest BCUT2D eigenvalue weighted by Crippen LogP contribution is -2.33. The van der Waals surface area contributed by atoms with Gasteiger partial charge in [-0.3, -0.25) is 9.29 Å². The summed E-state index contributed by atoms with van der Waals surface area (Å²) in [6.45, 7) is 1.52. The van der Waals surface area contributed by atoms with Crippen LogP contribution in [0.25, 0.3) is 11.5 Å². The fourth-order valence-electron chi connectivity index (χ4n) is 4.60. The van der Waals surface area contributed by atoms with E-state index in [4.69, 9.17) is 21.1 Å². The van der Waals surface area contributed by atoms with E-state index >= 15 is 0 Å². The molecule has 1 aliphatic carbocycles. The molecule has 3 aromatic heterocycles. The molecule has 0 spiro atoms. The van der Waals surface area contributed by atoms with Gasteiger partial charge in [0.25, 0.3) is 0 Å². The van der Waals surface area contributed by atoms with Crippen LogP contribution >= 0.6 is 11.6 Å². The Morgan fingerprint density at radius 1 is 1.11 bits per heavy atom. The molecule has 0 saturated heterocycles. The summed E-state index contributed by atoms with van der Waals surface area (Å²) in [4.78, 5) is 12.8. The fraction of sp³-hybridized carbons (Fsp3) is 0.421. The van der Waals surface area contributed by atoms with Crippen molar-refractivity contribution in [3.05, 3.63) is 41.4 Å². The minimum atomic E-state index is -4.02. The zero-order valence-electron chi connectivity index (χ0n) is 21.2. The molecule has 3 heterocycles. The standard InChI is InChI=1S/C19H26B4ClN7O4S/c1-9(13(35-3)14-25-7-10(24)8-26-14)36(32,33)30-17-29-28-15(11-5-4-6-12(27-11)34-2)31(17)16-18(20,21)19(16,22)23/h4-9,13,16H,20-23H2,1-3H3,(H,29,30)/t9-,13-/m0/s1. The second-order valence-electron chi connectivity index (χ2n) is 9.90. The van der Waals surface area contributed by atoms with Gasteiger partial charge < -0.3 is 9.47 Å². The summed E-state index contributed by atoms with van der Waals surface area (Å²) in [7, 11) is 7.41. The van der Waals surface area contributed by atoms with Gasteiger partial charge in [-0.2, -0.15) is 0 Å². The number of anilines is 1. The Balaban J connectivity index is 1.74. The number of ether oxygens (including phenoxy) is 2. The second-order valence-corrected chi connectivity index (χ2v) is 12.4. The Labute approximate surface area is 218 Å². The number of nitrogens with one attached hydrogen (secondary N) is 1. The van der Waals surface area contributed by atoms with Crippen molar-refractivity contribution in [3.63, 3.8) is 0 Å². The lowest BCUT2D eigenvalue weighted by atomic mass is 9.49. The van der Waals surface area contributed by atoms with E-state index in [0.29, 0.717) is 22.4 Å². The van der Waals surface area contributed by atoms with Crippen molar-refractivity contribution in [1.29, 1.82) is 0 Å². The van der Waals surface area contributed by atoms with E-state index in [0.717, 1.165) is 0 Å². The van der Waals surface area contributed by atoms with Crippen LogP contribution in [0.4, 0.5) is 5.95 Å². The first-order valence-electron chi connectivity index (χ1n) is 11.3. The monoisotopic (exact) mass is 527 g/mol. The van der Waals surface area contributed by atoms with Crippen molar-refractivity contribution >= 4 is 59.0 Å². The van der Waals surface area contributed by atoms with E-state index < -0.39 is 21.4 Å². The van der Waals surface area contributed by atoms with Crippen LogP contribution in [0.1, 0.15) is 24.9 Å². The number of hydrogen-bond donors (Lipinski definition) is 1. The van der Waals surface area contributed by atoms with E-state index in [-0.39, 0.29) is 28.2 Å². The van der Waals surface area contributed by atoms with Gasteiger partial charge in [-0.25, -0.2) is 23.4 Å². The number of hydrogen-bond acceptors (Lipinski definition) is 9. The van der Waals surface area contributed by atoms with Crippen LogP contribution in [-0.4, -0.2) is 89.0 Å². The van der Waals surface area contributed by atoms with Crippen molar-refractivity contribution in [3.8, 4) is 17.4 Å². The third kappa shape index (κ3) is 4.50. The number of rotatable bonds is 9. The highest BCUT2D eigenvalue weighted by atomic mass is 35.5. The van der Waals surface area contributed by atoms with Crippen LogP contribution in [0.5, 0.6) is 5.88 Å². The van der Waals surface area contributed by atoms with Gasteiger partial charge in [-0.05, 0) is 13.0 Å². The summed E-state index contributed by atoms with van der Waals surface area (Å²) in [5, 5.41) is 7.53. The van der Waals surface area contributed by atoms with E-state index in [1.54, 1.807) is 18.2 Å². The smallest absolute Gasteiger partial charge is 0.240 e. The van der Waals surface area contributed by atoms with Gasteiger partial charge in [0.2, 0.25) is 21.9 Å². The largest absolute Gasteiger partial charge is 0.481 e. The molecule has 2 atom stereocenters. The normalized spacial score (nSPS) is 18.3. The van der Waals surface area contributed by atoms with Crippen LogP contribution in [0.15, 0.2) is 30.6 Å². The van der Waals surface area contributed by atoms with E-state index in [1.165, 1.54) is 33.5 Å². The Morgan fingerprint density at radius 2 is 1.75 bits per heavy atom. The third-order valence-corrected chi connectivity index (χ3v) is 9.25. The summed E-state index contributed by atoms with van der Waals surface area (Å²) >= 11 is 5.88. The Morgan fingerprint density at radius 3 is 2.31 bits per heavy atom. The highest BCUT2D eigenvalue weighted by molar-refractivity contribution is 7.93. The molecule has 0 radical (unpaired) electrons. The molecule has 0 aliphatic heterocycles. The van der Waals surface area contributed by atoms with Gasteiger partial charge >= 0.3 is 0 Å². The lowest BCUT2D eigenvalue weighted by Gasteiger charge is -2.22. The fourth-order valence-corrected chi connectivity index (χ4v) is 5.83. The van der Waals surface area contributed by atoms with E-state index in [2.05, 4.69) is 61.3 Å². The maximum Gasteiger partial charge on any atom is 0.240 e. The Bertz CT molecular complexity index is 1360. The molecule has 1 aliphatic rings. The molecule has 1 N–H and O–H groups in total. The van der Waals surface area contributed by atoms with Crippen molar-refractivity contribution in [1.82, 2.24) is 29.7 Å². The van der Waals surface area contributed by atoms with Crippen LogP contribution in [0.3, 0.4) is 0 Å². The van der Waals surface area contributed by atoms with Gasteiger partial charge in [0, 0.05) is 31.6 Å². The predicted molar refractivity (Wildman–Crippen MR) is 147 cm³/mol. The van der Waals surface area contributed by atoms with Crippen LogP contribution in [0.2, 0.25) is 15.5 Å². The van der Waals surface area contributed by atoms with Gasteiger partial charge in [-0.15, -0.1) is 10.2 Å². The molecule has 3 aromatic rings. The number of pyridine rings is 1. The first-order valence-corrected chi connectivity index (χ1v) is 13.3. The zero-order valence-corrected chi connectivity index (χ0v) is 22.8. The summed E-state index contributed by atoms with van der Waals surface area (Å²) in [5.74, 6) is 1.15. The SMILES string of the molecule is BC1(B)C(n2c(NS(=O)(=O)[C@@H](C)[C@H](OC)c3ncc(Cl)cn3)nnc2-c2cccc(OC)n2)C1(B)B. The van der Waals surface area contributed by atoms with Crippen molar-refractivity contribution < 1.29 is 17.9 Å². The van der Waals surface area contributed by atoms with Crippen molar-refractivity contribution in [2.75, 3.05) is 18.9 Å². The topological polar surface area (TPSA) is 134 Å². The third-order valence-electron chi connectivity index (χ3n) is 7.36. The van der Waals surface area contributed by atoms with Crippen molar-refractivity contribution in [2.24, 2.45) is 0 Å². The van der Waals surface area contributed by atoms with Crippen LogP contribution < -0.4 is 9.46 Å². The number of halogens is 1. The first-order chi connectivity index (χ1) is 16.8. The maximum atomic E-state index is 13.5. The van der Waals surface area contributed by atoms with Gasteiger partial charge in [0.05, 0.1) is 12.1 Å². The highest BCUT2D eigenvalue weighted by Crippen LogP contribution is 2.77. The molecule has 0 aromatic carbocycles. The highest BCUT2D eigenvalue weighted by Gasteiger charge is 2.65. The first kappa shape index (κ1) is 26.5. The quantitative estimate of drug-likeness (QED) is 0.335. The molecule has 36 heavy (non-hydrogen) atoms. The second kappa shape index (κ2) is 9.38. The molecule has 186 valence electrons. The minimum absolute atomic E-state index is 0.0890. The summed E-state index contributed by atoms with van der Waals surface area (Å²) in [5.41, 5.74) is 0.517. The predicted octanol–water partition coefficient (Wildman–Crippen LogP) is -1.37. The maximum absolute atomic E-state index is 13.5. The summed E-state index contributed by atoms with van der Waals surface area (Å²) in [6, 6.07) is 5.22. The number of aromatic nitrogens is 6. The van der Waals surface area contributed by atoms with Gasteiger partial charge in [-0.1, -0.05) is 28.1 Å². The minimum Gasteiger partial charge on any atom is -0.481 e. The average Bonchev–Trinajstić information content (AvgIpc) is 3.08. The van der Waals surface area contributed by atoms with Crippen LogP contribution in [-0.2, 0) is 14.8 Å². The number of nitrogens with zero attached hydrogens (tertiary/aromatic N) is 6. The van der Waals surface area contributed by atoms with E-state index in [9.17, 15) is 8.42 Å². The molecule has 1 saturated carbocycles. The van der Waals surface area contributed by atoms with Crippen LogP contribution in [0, 0.1) is 0 Å². The Kier molecular flexibility index (Phi) is 6.90. The molecular weight excluding hydrogens is 501 g/mol. The van der Waals surface area contributed by atoms with E-state index in [1.807, 2.05) is 4.57 Å². The lowest BCUT2D eigenvalue weighted by molar-refractivity contribution is 0.0950. The van der Waals surface area contributed by atoms with Crippen molar-refractivity contribution in [2.45, 2.75) is 34.7 Å². The average molecular weight is 527 g/mol.